The predicted octanol–water partition coefficient (Wildman–Crippen LogP) is 3.72. The molecule has 3 aromatic rings. The number of esters is 1. The van der Waals surface area contributed by atoms with E-state index in [1.807, 2.05) is 13.8 Å². The molecule has 148 valence electrons. The zero-order valence-electron chi connectivity index (χ0n) is 16.2. The number of rotatable bonds is 6. The monoisotopic (exact) mass is 401 g/mol. The lowest BCUT2D eigenvalue weighted by Gasteiger charge is -2.22. The Morgan fingerprint density at radius 3 is 2.57 bits per heavy atom. The van der Waals surface area contributed by atoms with Crippen LogP contribution in [-0.2, 0) is 4.74 Å². The summed E-state index contributed by atoms with van der Waals surface area (Å²) in [5.41, 5.74) is 1.43. The first-order valence-electron chi connectivity index (χ1n) is 9.00. The summed E-state index contributed by atoms with van der Waals surface area (Å²) >= 11 is 1.28. The molecule has 8 heteroatoms. The van der Waals surface area contributed by atoms with E-state index in [1.54, 1.807) is 26.0 Å². The van der Waals surface area contributed by atoms with Gasteiger partial charge in [-0.15, -0.1) is 11.3 Å². The van der Waals surface area contributed by atoms with Gasteiger partial charge in [-0.2, -0.15) is 0 Å². The van der Waals surface area contributed by atoms with Crippen LogP contribution in [0.2, 0.25) is 0 Å². The van der Waals surface area contributed by atoms with Gasteiger partial charge in [0.2, 0.25) is 0 Å². The molecule has 3 N–H and O–H groups in total. The van der Waals surface area contributed by atoms with Crippen LogP contribution in [-0.4, -0.2) is 38.8 Å². The van der Waals surface area contributed by atoms with E-state index < -0.39 is 6.10 Å². The van der Waals surface area contributed by atoms with E-state index in [2.05, 4.69) is 15.3 Å². The normalized spacial score (nSPS) is 13.3. The highest BCUT2D eigenvalue weighted by molar-refractivity contribution is 7.20. The van der Waals surface area contributed by atoms with Crippen LogP contribution in [0.5, 0.6) is 5.75 Å². The van der Waals surface area contributed by atoms with Crippen LogP contribution in [0.3, 0.4) is 0 Å². The van der Waals surface area contributed by atoms with Gasteiger partial charge < -0.3 is 20.3 Å². The average Bonchev–Trinajstić information content (AvgIpc) is 2.98. The van der Waals surface area contributed by atoms with Crippen molar-refractivity contribution in [1.82, 2.24) is 9.97 Å². The number of aliphatic hydroxyl groups excluding tert-OH is 1. The molecule has 3 rings (SSSR count). The highest BCUT2D eigenvalue weighted by Crippen LogP contribution is 2.35. The highest BCUT2D eigenvalue weighted by Gasteiger charge is 2.23. The fraction of sp³-hybridized carbons (Fsp3) is 0.350. The van der Waals surface area contributed by atoms with Crippen molar-refractivity contribution < 1.29 is 19.7 Å². The molecule has 0 bridgehead atoms. The van der Waals surface area contributed by atoms with Crippen molar-refractivity contribution in [3.63, 3.8) is 0 Å². The fourth-order valence-corrected chi connectivity index (χ4v) is 4.12. The van der Waals surface area contributed by atoms with E-state index in [9.17, 15) is 15.0 Å². The minimum Gasteiger partial charge on any atom is -0.508 e. The maximum absolute atomic E-state index is 12.2. The molecule has 0 spiro atoms. The molecule has 0 saturated carbocycles. The third-order valence-corrected chi connectivity index (χ3v) is 5.60. The number of aromatic hydroxyl groups is 1. The lowest BCUT2D eigenvalue weighted by Crippen LogP contribution is -2.25. The van der Waals surface area contributed by atoms with E-state index in [-0.39, 0.29) is 17.8 Å². The van der Waals surface area contributed by atoms with Crippen LogP contribution in [0, 0.1) is 13.8 Å². The van der Waals surface area contributed by atoms with Crippen LogP contribution in [0.4, 0.5) is 5.82 Å². The van der Waals surface area contributed by atoms with Crippen molar-refractivity contribution in [2.24, 2.45) is 0 Å². The van der Waals surface area contributed by atoms with Gasteiger partial charge in [-0.05, 0) is 51.0 Å². The molecule has 0 amide bonds. The average molecular weight is 401 g/mol. The van der Waals surface area contributed by atoms with E-state index in [0.717, 1.165) is 10.9 Å². The molecule has 0 unspecified atom stereocenters. The summed E-state index contributed by atoms with van der Waals surface area (Å²) < 4.78 is 5.14. The van der Waals surface area contributed by atoms with Gasteiger partial charge in [0.05, 0.1) is 24.1 Å². The molecular formula is C20H23N3O4S. The molecule has 7 nitrogen and oxygen atoms in total. The van der Waals surface area contributed by atoms with E-state index >= 15 is 0 Å². The number of phenols is 1. The van der Waals surface area contributed by atoms with Crippen molar-refractivity contribution in [2.45, 2.75) is 39.8 Å². The molecule has 1 aromatic carbocycles. The highest BCUT2D eigenvalue weighted by atomic mass is 32.1. The van der Waals surface area contributed by atoms with Crippen LogP contribution < -0.4 is 5.32 Å². The number of aryl methyl sites for hydroxylation is 2. The number of fused-ring (bicyclic) bond motifs is 1. The van der Waals surface area contributed by atoms with Crippen LogP contribution in [0.15, 0.2) is 24.3 Å². The Bertz CT molecular complexity index is 1000. The van der Waals surface area contributed by atoms with Gasteiger partial charge in [0.1, 0.15) is 27.1 Å². The van der Waals surface area contributed by atoms with Gasteiger partial charge in [0.25, 0.3) is 0 Å². The van der Waals surface area contributed by atoms with E-state index in [4.69, 9.17) is 4.74 Å². The number of nitrogens with one attached hydrogen (secondary N) is 1. The number of hydrogen-bond acceptors (Lipinski definition) is 8. The van der Waals surface area contributed by atoms with Gasteiger partial charge in [0, 0.05) is 0 Å². The van der Waals surface area contributed by atoms with Crippen molar-refractivity contribution in [2.75, 3.05) is 11.9 Å². The number of ether oxygens (including phenoxy) is 1. The second kappa shape index (κ2) is 8.12. The summed E-state index contributed by atoms with van der Waals surface area (Å²) in [7, 11) is 0. The van der Waals surface area contributed by atoms with Crippen molar-refractivity contribution in [1.29, 1.82) is 0 Å². The van der Waals surface area contributed by atoms with Gasteiger partial charge in [-0.25, -0.2) is 14.8 Å². The smallest absolute Gasteiger partial charge is 0.348 e. The lowest BCUT2D eigenvalue weighted by molar-refractivity contribution is 0.0531. The molecule has 0 aliphatic rings. The standard InChI is InChI=1S/C20H23N3O4S/c1-5-27-20(26)17-10(2)15-18(22-12(4)23-19(15)28-17)21-11(3)16(25)13-6-8-14(24)9-7-13/h6-9,11,16,24-25H,5H2,1-4H3,(H,21,22,23)/t11-,16+/m1/s1. The van der Waals surface area contributed by atoms with Crippen molar-refractivity contribution in [3.05, 3.63) is 46.1 Å². The first kappa shape index (κ1) is 20.0. The Balaban J connectivity index is 1.95. The Kier molecular flexibility index (Phi) is 5.81. The number of benzene rings is 1. The third-order valence-electron chi connectivity index (χ3n) is 4.44. The predicted molar refractivity (Wildman–Crippen MR) is 109 cm³/mol. The summed E-state index contributed by atoms with van der Waals surface area (Å²) in [6, 6.07) is 6.05. The second-order valence-corrected chi connectivity index (χ2v) is 7.54. The Morgan fingerprint density at radius 2 is 1.93 bits per heavy atom. The van der Waals surface area contributed by atoms with Gasteiger partial charge >= 0.3 is 5.97 Å². The molecule has 2 aromatic heterocycles. The largest absolute Gasteiger partial charge is 0.508 e. The third kappa shape index (κ3) is 3.93. The summed E-state index contributed by atoms with van der Waals surface area (Å²) in [6.07, 6.45) is -0.811. The van der Waals surface area contributed by atoms with Gasteiger partial charge in [-0.1, -0.05) is 12.1 Å². The van der Waals surface area contributed by atoms with E-state index in [1.165, 1.54) is 23.5 Å². The SMILES string of the molecule is CCOC(=O)c1sc2nc(C)nc(N[C@H](C)[C@H](O)c3ccc(O)cc3)c2c1C. The number of nitrogens with zero attached hydrogens (tertiary/aromatic N) is 2. The quantitative estimate of drug-likeness (QED) is 0.541. The first-order chi connectivity index (χ1) is 13.3. The minimum absolute atomic E-state index is 0.144. The number of anilines is 1. The molecule has 2 atom stereocenters. The summed E-state index contributed by atoms with van der Waals surface area (Å²) in [6.45, 7) is 7.54. The molecular weight excluding hydrogens is 378 g/mol. The number of hydrogen-bond donors (Lipinski definition) is 3. The summed E-state index contributed by atoms with van der Waals surface area (Å²) in [5.74, 6) is 0.906. The first-order valence-corrected chi connectivity index (χ1v) is 9.81. The number of carbonyl (C=O) groups excluding carboxylic acids is 1. The summed E-state index contributed by atoms with van der Waals surface area (Å²) in [5, 5.41) is 24.1. The Morgan fingerprint density at radius 1 is 1.25 bits per heavy atom. The number of carbonyl (C=O) groups is 1. The fourth-order valence-electron chi connectivity index (χ4n) is 3.00. The second-order valence-electron chi connectivity index (χ2n) is 6.55. The maximum Gasteiger partial charge on any atom is 0.348 e. The molecule has 0 aliphatic heterocycles. The minimum atomic E-state index is -0.811. The Hall–Kier alpha value is -2.71. The molecule has 0 fully saturated rings. The molecule has 28 heavy (non-hydrogen) atoms. The van der Waals surface area contributed by atoms with Crippen LogP contribution >= 0.6 is 11.3 Å². The van der Waals surface area contributed by atoms with Crippen LogP contribution in [0.1, 0.15) is 46.6 Å². The zero-order chi connectivity index (χ0) is 20.4. The number of phenolic OH excluding ortho intramolecular Hbond substituents is 1. The lowest BCUT2D eigenvalue weighted by atomic mass is 10.0. The van der Waals surface area contributed by atoms with Gasteiger partial charge in [0.15, 0.2) is 0 Å². The van der Waals surface area contributed by atoms with Crippen molar-refractivity contribution >= 4 is 33.3 Å². The Labute approximate surface area is 167 Å². The number of thiophene rings is 1. The van der Waals surface area contributed by atoms with E-state index in [0.29, 0.717) is 33.5 Å². The van der Waals surface area contributed by atoms with Gasteiger partial charge in [-0.3, -0.25) is 0 Å². The topological polar surface area (TPSA) is 105 Å². The van der Waals surface area contributed by atoms with Crippen molar-refractivity contribution in [3.8, 4) is 5.75 Å². The number of aliphatic hydroxyl groups is 1. The zero-order valence-corrected chi connectivity index (χ0v) is 17.0. The summed E-state index contributed by atoms with van der Waals surface area (Å²) in [4.78, 5) is 22.4. The van der Waals surface area contributed by atoms with Crippen LogP contribution in [0.25, 0.3) is 10.2 Å². The molecule has 0 radical (unpaired) electrons. The number of aromatic nitrogens is 2. The molecule has 2 heterocycles. The maximum atomic E-state index is 12.2. The molecule has 0 aliphatic carbocycles. The molecule has 0 saturated heterocycles.